The molecule has 1 saturated heterocycles. The molecule has 0 radical (unpaired) electrons. The van der Waals surface area contributed by atoms with Gasteiger partial charge < -0.3 is 14.4 Å². The molecule has 1 aromatic carbocycles. The van der Waals surface area contributed by atoms with Crippen molar-refractivity contribution in [1.29, 1.82) is 0 Å². The Hall–Kier alpha value is -3.26. The normalized spacial score (nSPS) is 24.1. The summed E-state index contributed by atoms with van der Waals surface area (Å²) in [6, 6.07) is 8.17. The Balaban J connectivity index is 1.22. The van der Waals surface area contributed by atoms with Crippen molar-refractivity contribution in [1.82, 2.24) is 9.47 Å². The number of hydrogen-bond acceptors (Lipinski definition) is 4. The fraction of sp³-hybridized carbons (Fsp3) is 0.515. The molecule has 2 heterocycles. The van der Waals surface area contributed by atoms with Crippen LogP contribution in [0.1, 0.15) is 92.2 Å². The van der Waals surface area contributed by atoms with Gasteiger partial charge in [0.2, 0.25) is 0 Å². The van der Waals surface area contributed by atoms with Crippen LogP contribution in [0.5, 0.6) is 0 Å². The lowest BCUT2D eigenvalue weighted by Crippen LogP contribution is -2.47. The lowest BCUT2D eigenvalue weighted by atomic mass is 9.80. The molecule has 0 bridgehead atoms. The van der Waals surface area contributed by atoms with Crippen LogP contribution in [0, 0.1) is 11.7 Å². The number of benzene rings is 1. The third kappa shape index (κ3) is 5.63. The van der Waals surface area contributed by atoms with E-state index in [2.05, 4.69) is 4.90 Å². The van der Waals surface area contributed by atoms with Crippen LogP contribution < -0.4 is 5.56 Å². The fourth-order valence-corrected chi connectivity index (χ4v) is 6.61. The number of carbonyl (C=O) groups is 1. The highest BCUT2D eigenvalue weighted by atomic mass is 19.1. The summed E-state index contributed by atoms with van der Waals surface area (Å²) < 4.78 is 39.7. The maximum Gasteiger partial charge on any atom is 0.336 e. The van der Waals surface area contributed by atoms with E-state index < -0.39 is 11.6 Å². The number of piperidine rings is 1. The molecule has 1 aliphatic heterocycles. The number of alkyl halides is 1. The molecule has 1 aromatic heterocycles. The molecule has 1 unspecified atom stereocenters. The molecule has 6 rings (SSSR count). The van der Waals surface area contributed by atoms with Crippen molar-refractivity contribution in [3.63, 3.8) is 0 Å². The van der Waals surface area contributed by atoms with Crippen molar-refractivity contribution in [2.45, 2.75) is 82.5 Å². The van der Waals surface area contributed by atoms with Gasteiger partial charge in [0.15, 0.2) is 5.67 Å². The quantitative estimate of drug-likeness (QED) is 0.377. The first-order valence-electron chi connectivity index (χ1n) is 14.9. The number of halogens is 2. The third-order valence-electron chi connectivity index (χ3n) is 8.93. The number of carboxylic acid groups (broad SMARTS) is 1. The summed E-state index contributed by atoms with van der Waals surface area (Å²) >= 11 is 0. The van der Waals surface area contributed by atoms with E-state index in [1.54, 1.807) is 35.0 Å². The topological polar surface area (TPSA) is 71.8 Å². The Bertz CT molecular complexity index is 1460. The summed E-state index contributed by atoms with van der Waals surface area (Å²) in [6.07, 6.45) is 8.32. The van der Waals surface area contributed by atoms with E-state index in [4.69, 9.17) is 4.74 Å². The minimum Gasteiger partial charge on any atom is -0.492 e. The van der Waals surface area contributed by atoms with Crippen molar-refractivity contribution < 1.29 is 23.4 Å². The van der Waals surface area contributed by atoms with Crippen LogP contribution in [0.2, 0.25) is 0 Å². The second kappa shape index (κ2) is 10.9. The molecular weight excluding hydrogens is 526 g/mol. The molecule has 8 heteroatoms. The highest BCUT2D eigenvalue weighted by Crippen LogP contribution is 2.50. The van der Waals surface area contributed by atoms with Crippen LogP contribution in [0.3, 0.4) is 0 Å². The van der Waals surface area contributed by atoms with Crippen LogP contribution in [0.25, 0.3) is 5.57 Å². The Morgan fingerprint density at radius 3 is 2.37 bits per heavy atom. The van der Waals surface area contributed by atoms with Gasteiger partial charge >= 0.3 is 5.97 Å². The van der Waals surface area contributed by atoms with Gasteiger partial charge in [-0.2, -0.15) is 0 Å². The number of pyridine rings is 1. The molecule has 1 N–H and O–H groups in total. The first kappa shape index (κ1) is 27.9. The Labute approximate surface area is 239 Å². The van der Waals surface area contributed by atoms with Gasteiger partial charge in [0.25, 0.3) is 5.56 Å². The smallest absolute Gasteiger partial charge is 0.336 e. The number of nitrogens with zero attached hydrogens (tertiary/aromatic N) is 2. The monoisotopic (exact) mass is 564 g/mol. The van der Waals surface area contributed by atoms with E-state index in [1.165, 1.54) is 6.07 Å². The van der Waals surface area contributed by atoms with E-state index in [0.717, 1.165) is 36.8 Å². The second-order valence-corrected chi connectivity index (χ2v) is 12.5. The number of carboxylic acids is 1. The summed E-state index contributed by atoms with van der Waals surface area (Å²) in [7, 11) is 0. The van der Waals surface area contributed by atoms with Gasteiger partial charge in [-0.05, 0) is 88.0 Å². The van der Waals surface area contributed by atoms with Gasteiger partial charge in [-0.15, -0.1) is 0 Å². The van der Waals surface area contributed by atoms with Gasteiger partial charge in [0.1, 0.15) is 11.6 Å². The Morgan fingerprint density at radius 1 is 1.07 bits per heavy atom. The summed E-state index contributed by atoms with van der Waals surface area (Å²) in [5.74, 6) is -0.814. The average Bonchev–Trinajstić information content (AvgIpc) is 3.85. The molecule has 3 fully saturated rings. The summed E-state index contributed by atoms with van der Waals surface area (Å²) in [5, 5.41) is 9.58. The van der Waals surface area contributed by atoms with Gasteiger partial charge in [0.05, 0.1) is 11.7 Å². The van der Waals surface area contributed by atoms with E-state index in [-0.39, 0.29) is 59.6 Å². The maximum atomic E-state index is 17.1. The number of ether oxygens (including phenoxy) is 1. The van der Waals surface area contributed by atoms with Crippen molar-refractivity contribution in [3.8, 4) is 0 Å². The largest absolute Gasteiger partial charge is 0.492 e. The Kier molecular flexibility index (Phi) is 7.39. The summed E-state index contributed by atoms with van der Waals surface area (Å²) in [5.41, 5.74) is 0.829. The molecule has 0 spiro atoms. The molecule has 3 aliphatic carbocycles. The average molecular weight is 565 g/mol. The summed E-state index contributed by atoms with van der Waals surface area (Å²) in [6.45, 7) is 5.14. The minimum absolute atomic E-state index is 0.0352. The van der Waals surface area contributed by atoms with Crippen LogP contribution in [0.15, 0.2) is 58.7 Å². The molecule has 218 valence electrons. The number of hydrogen-bond donors (Lipinski definition) is 1. The summed E-state index contributed by atoms with van der Waals surface area (Å²) in [4.78, 5) is 27.1. The highest BCUT2D eigenvalue weighted by Gasteiger charge is 2.46. The zero-order valence-corrected chi connectivity index (χ0v) is 23.7. The first-order valence-corrected chi connectivity index (χ1v) is 14.9. The van der Waals surface area contributed by atoms with E-state index in [0.29, 0.717) is 37.1 Å². The molecule has 6 nitrogen and oxygen atoms in total. The molecule has 1 atom stereocenters. The van der Waals surface area contributed by atoms with Crippen molar-refractivity contribution in [2.24, 2.45) is 5.92 Å². The van der Waals surface area contributed by atoms with E-state index in [9.17, 15) is 19.1 Å². The highest BCUT2D eigenvalue weighted by molar-refractivity contribution is 5.89. The minimum atomic E-state index is -1.73. The zero-order chi connectivity index (χ0) is 28.9. The first-order chi connectivity index (χ1) is 19.6. The molecule has 0 amide bonds. The number of aromatic nitrogens is 1. The number of allylic oxidation sites excluding steroid dienone is 3. The van der Waals surface area contributed by atoms with Gasteiger partial charge in [0, 0.05) is 49.4 Å². The number of aromatic carboxylic acids is 1. The van der Waals surface area contributed by atoms with Crippen LogP contribution in [-0.2, 0) is 4.74 Å². The lowest BCUT2D eigenvalue weighted by Gasteiger charge is -2.40. The van der Waals surface area contributed by atoms with Crippen molar-refractivity contribution >= 4 is 11.5 Å². The maximum absolute atomic E-state index is 17.1. The van der Waals surface area contributed by atoms with Crippen LogP contribution in [-0.4, -0.2) is 51.9 Å². The third-order valence-corrected chi connectivity index (χ3v) is 8.93. The van der Waals surface area contributed by atoms with Crippen LogP contribution in [0.4, 0.5) is 8.78 Å². The van der Waals surface area contributed by atoms with Gasteiger partial charge in [-0.1, -0.05) is 23.8 Å². The lowest BCUT2D eigenvalue weighted by molar-refractivity contribution is 0.0203. The number of likely N-dealkylation sites (tertiary alicyclic amines) is 1. The van der Waals surface area contributed by atoms with E-state index >= 15 is 4.39 Å². The molecule has 4 aliphatic rings. The standard InChI is InChI=1S/C33H38F2N2O4/c1-20(2)41-29-17-26(24-5-3-4-6-28(24)34)27(21-7-8-21)18-33(29,35)19-36-14-11-23(12-15-36)37-16-13-25(32(39)40)30(31(37)38)22-9-10-22/h3-6,13,16-17,20-23H,7-12,14-15,18-19H2,1-2H3,(H,39,40). The second-order valence-electron chi connectivity index (χ2n) is 12.5. The van der Waals surface area contributed by atoms with Crippen LogP contribution >= 0.6 is 0 Å². The Morgan fingerprint density at radius 2 is 1.76 bits per heavy atom. The molecule has 2 saturated carbocycles. The SMILES string of the molecule is CC(C)OC1=CC(c2ccccc2F)=C(C2CC2)CC1(F)CN1CCC(n2ccc(C(=O)O)c(C3CC3)c2=O)CC1. The molecule has 2 aromatic rings. The van der Waals surface area contributed by atoms with Gasteiger partial charge in [-0.25, -0.2) is 13.6 Å². The van der Waals surface area contributed by atoms with Crippen molar-refractivity contribution in [2.75, 3.05) is 19.6 Å². The zero-order valence-electron chi connectivity index (χ0n) is 23.7. The molecule has 41 heavy (non-hydrogen) atoms. The van der Waals surface area contributed by atoms with E-state index in [1.807, 2.05) is 19.9 Å². The number of rotatable bonds is 9. The van der Waals surface area contributed by atoms with Crippen molar-refractivity contribution in [3.05, 3.63) is 86.8 Å². The van der Waals surface area contributed by atoms with Gasteiger partial charge in [-0.3, -0.25) is 9.69 Å². The fourth-order valence-electron chi connectivity index (χ4n) is 6.61. The predicted octanol–water partition coefficient (Wildman–Crippen LogP) is 6.48. The molecular formula is C33H38F2N2O4. The predicted molar refractivity (Wildman–Crippen MR) is 153 cm³/mol.